The second kappa shape index (κ2) is 9.26. The topological polar surface area (TPSA) is 106 Å². The second-order valence-electron chi connectivity index (χ2n) is 6.32. The SMILES string of the molecule is COC[C@@H](C)Nc1nc(-c2ccc([N+](=O)[O-])cc2)c(C(=O)Nc2ccccc2)s1. The van der Waals surface area contributed by atoms with E-state index in [2.05, 4.69) is 15.6 Å². The number of ether oxygens (including phenoxy) is 1. The summed E-state index contributed by atoms with van der Waals surface area (Å²) >= 11 is 1.22. The third-order valence-corrected chi connectivity index (χ3v) is 4.99. The fourth-order valence-corrected chi connectivity index (χ4v) is 3.68. The van der Waals surface area contributed by atoms with Gasteiger partial charge in [0.1, 0.15) is 4.88 Å². The Hall–Kier alpha value is -3.30. The third kappa shape index (κ3) is 5.15. The molecule has 0 spiro atoms. The van der Waals surface area contributed by atoms with Crippen LogP contribution in [0.5, 0.6) is 0 Å². The van der Waals surface area contributed by atoms with Crippen molar-refractivity contribution in [3.63, 3.8) is 0 Å². The quantitative estimate of drug-likeness (QED) is 0.419. The zero-order valence-electron chi connectivity index (χ0n) is 15.9. The molecule has 0 aliphatic heterocycles. The molecule has 0 fully saturated rings. The molecule has 0 unspecified atom stereocenters. The summed E-state index contributed by atoms with van der Waals surface area (Å²) < 4.78 is 5.13. The molecule has 0 bridgehead atoms. The molecule has 2 aromatic carbocycles. The lowest BCUT2D eigenvalue weighted by molar-refractivity contribution is -0.384. The van der Waals surface area contributed by atoms with Crippen LogP contribution in [0.3, 0.4) is 0 Å². The maximum Gasteiger partial charge on any atom is 0.269 e. The first-order valence-corrected chi connectivity index (χ1v) is 9.67. The predicted octanol–water partition coefficient (Wildman–Crippen LogP) is 4.42. The lowest BCUT2D eigenvalue weighted by atomic mass is 10.1. The molecule has 1 amide bonds. The van der Waals surface area contributed by atoms with Gasteiger partial charge in [-0.25, -0.2) is 4.98 Å². The number of carbonyl (C=O) groups is 1. The summed E-state index contributed by atoms with van der Waals surface area (Å²) in [6.45, 7) is 2.43. The van der Waals surface area contributed by atoms with Gasteiger partial charge in [-0.2, -0.15) is 0 Å². The number of hydrogen-bond acceptors (Lipinski definition) is 7. The summed E-state index contributed by atoms with van der Waals surface area (Å²) in [5, 5.41) is 17.6. The smallest absolute Gasteiger partial charge is 0.269 e. The molecule has 0 saturated carbocycles. The van der Waals surface area contributed by atoms with Crippen LogP contribution in [0.4, 0.5) is 16.5 Å². The number of nitrogens with zero attached hydrogens (tertiary/aromatic N) is 2. The number of methoxy groups -OCH3 is 1. The van der Waals surface area contributed by atoms with Gasteiger partial charge in [-0.1, -0.05) is 29.5 Å². The van der Waals surface area contributed by atoms with Crippen LogP contribution in [-0.2, 0) is 4.74 Å². The van der Waals surface area contributed by atoms with E-state index in [9.17, 15) is 14.9 Å². The van der Waals surface area contributed by atoms with Crippen molar-refractivity contribution in [2.75, 3.05) is 24.4 Å². The first-order chi connectivity index (χ1) is 14.0. The number of para-hydroxylation sites is 1. The largest absolute Gasteiger partial charge is 0.383 e. The van der Waals surface area contributed by atoms with E-state index in [-0.39, 0.29) is 17.6 Å². The van der Waals surface area contributed by atoms with Crippen molar-refractivity contribution >= 4 is 33.8 Å². The highest BCUT2D eigenvalue weighted by atomic mass is 32.1. The molecular weight excluding hydrogens is 392 g/mol. The molecule has 3 aromatic rings. The normalized spacial score (nSPS) is 11.7. The van der Waals surface area contributed by atoms with Crippen LogP contribution in [0.1, 0.15) is 16.6 Å². The Balaban J connectivity index is 1.94. The van der Waals surface area contributed by atoms with Gasteiger partial charge in [0.15, 0.2) is 5.13 Å². The molecule has 29 heavy (non-hydrogen) atoms. The summed E-state index contributed by atoms with van der Waals surface area (Å²) in [6.07, 6.45) is 0. The van der Waals surface area contributed by atoms with Gasteiger partial charge in [0.25, 0.3) is 11.6 Å². The minimum absolute atomic E-state index is 0.000829. The van der Waals surface area contributed by atoms with Gasteiger partial charge < -0.3 is 15.4 Å². The van der Waals surface area contributed by atoms with Crippen LogP contribution in [-0.4, -0.2) is 35.6 Å². The molecular formula is C20H20N4O4S. The van der Waals surface area contributed by atoms with Crippen molar-refractivity contribution in [2.45, 2.75) is 13.0 Å². The molecule has 0 aliphatic rings. The van der Waals surface area contributed by atoms with E-state index in [4.69, 9.17) is 4.74 Å². The van der Waals surface area contributed by atoms with E-state index in [0.717, 1.165) is 0 Å². The first-order valence-electron chi connectivity index (χ1n) is 8.85. The van der Waals surface area contributed by atoms with Gasteiger partial charge in [0, 0.05) is 36.5 Å². The summed E-state index contributed by atoms with van der Waals surface area (Å²) in [5.41, 5.74) is 1.73. The summed E-state index contributed by atoms with van der Waals surface area (Å²) in [4.78, 5) is 28.3. The monoisotopic (exact) mass is 412 g/mol. The lowest BCUT2D eigenvalue weighted by Gasteiger charge is -2.10. The zero-order chi connectivity index (χ0) is 20.8. The van der Waals surface area contributed by atoms with Crippen LogP contribution in [0.25, 0.3) is 11.3 Å². The van der Waals surface area contributed by atoms with Crippen LogP contribution in [0.15, 0.2) is 54.6 Å². The molecule has 0 radical (unpaired) electrons. The Labute approximate surface area is 171 Å². The van der Waals surface area contributed by atoms with Crippen molar-refractivity contribution in [1.82, 2.24) is 4.98 Å². The Kier molecular flexibility index (Phi) is 6.53. The highest BCUT2D eigenvalue weighted by molar-refractivity contribution is 7.18. The molecule has 1 heterocycles. The number of aromatic nitrogens is 1. The fraction of sp³-hybridized carbons (Fsp3) is 0.200. The van der Waals surface area contributed by atoms with Crippen LogP contribution >= 0.6 is 11.3 Å². The average molecular weight is 412 g/mol. The van der Waals surface area contributed by atoms with E-state index in [1.54, 1.807) is 31.4 Å². The minimum atomic E-state index is -0.465. The Bertz CT molecular complexity index is 989. The van der Waals surface area contributed by atoms with Crippen molar-refractivity contribution in [3.05, 3.63) is 69.6 Å². The number of rotatable bonds is 8. The number of nitro benzene ring substituents is 1. The number of nitro groups is 1. The number of hydrogen-bond donors (Lipinski definition) is 2. The zero-order valence-corrected chi connectivity index (χ0v) is 16.7. The highest BCUT2D eigenvalue weighted by Gasteiger charge is 2.21. The predicted molar refractivity (Wildman–Crippen MR) is 114 cm³/mol. The van der Waals surface area contributed by atoms with E-state index < -0.39 is 4.92 Å². The Morgan fingerprint density at radius 2 is 1.90 bits per heavy atom. The Morgan fingerprint density at radius 1 is 1.21 bits per heavy atom. The molecule has 1 atom stereocenters. The molecule has 8 nitrogen and oxygen atoms in total. The number of nitrogens with one attached hydrogen (secondary N) is 2. The van der Waals surface area contributed by atoms with E-state index >= 15 is 0 Å². The number of carbonyl (C=O) groups excluding carboxylic acids is 1. The fourth-order valence-electron chi connectivity index (χ4n) is 2.68. The molecule has 150 valence electrons. The molecule has 2 N–H and O–H groups in total. The van der Waals surface area contributed by atoms with Gasteiger partial charge in [-0.15, -0.1) is 0 Å². The third-order valence-electron chi connectivity index (χ3n) is 4.00. The van der Waals surface area contributed by atoms with Gasteiger partial charge in [-0.3, -0.25) is 14.9 Å². The lowest BCUT2D eigenvalue weighted by Crippen LogP contribution is -2.20. The number of thiazole rings is 1. The van der Waals surface area contributed by atoms with Crippen molar-refractivity contribution in [3.8, 4) is 11.3 Å². The molecule has 1 aromatic heterocycles. The van der Waals surface area contributed by atoms with Gasteiger partial charge in [0.05, 0.1) is 17.2 Å². The number of amides is 1. The van der Waals surface area contributed by atoms with E-state index in [1.165, 1.54) is 23.5 Å². The van der Waals surface area contributed by atoms with E-state index in [0.29, 0.717) is 33.6 Å². The molecule has 0 saturated heterocycles. The highest BCUT2D eigenvalue weighted by Crippen LogP contribution is 2.33. The van der Waals surface area contributed by atoms with Crippen LogP contribution < -0.4 is 10.6 Å². The molecule has 0 aliphatic carbocycles. The second-order valence-corrected chi connectivity index (χ2v) is 7.32. The van der Waals surface area contributed by atoms with Crippen molar-refractivity contribution < 1.29 is 14.5 Å². The number of anilines is 2. The standard InChI is InChI=1S/C20H20N4O4S/c1-13(12-28-2)21-20-23-17(14-8-10-16(11-9-14)24(26)27)18(29-20)19(25)22-15-6-4-3-5-7-15/h3-11,13H,12H2,1-2H3,(H,21,23)(H,22,25)/t13-/m1/s1. The van der Waals surface area contributed by atoms with Crippen molar-refractivity contribution in [1.29, 1.82) is 0 Å². The van der Waals surface area contributed by atoms with Crippen LogP contribution in [0, 0.1) is 10.1 Å². The van der Waals surface area contributed by atoms with Gasteiger partial charge in [0.2, 0.25) is 0 Å². The Morgan fingerprint density at radius 3 is 2.52 bits per heavy atom. The van der Waals surface area contributed by atoms with Crippen LogP contribution in [0.2, 0.25) is 0 Å². The summed E-state index contributed by atoms with van der Waals surface area (Å²) in [5.74, 6) is -0.297. The van der Waals surface area contributed by atoms with Gasteiger partial charge >= 0.3 is 0 Å². The van der Waals surface area contributed by atoms with Gasteiger partial charge in [-0.05, 0) is 31.2 Å². The summed E-state index contributed by atoms with van der Waals surface area (Å²) in [6, 6.07) is 15.1. The number of benzene rings is 2. The van der Waals surface area contributed by atoms with Crippen molar-refractivity contribution in [2.24, 2.45) is 0 Å². The first kappa shape index (κ1) is 20.4. The maximum absolute atomic E-state index is 12.9. The maximum atomic E-state index is 12.9. The average Bonchev–Trinajstić information content (AvgIpc) is 3.13. The minimum Gasteiger partial charge on any atom is -0.383 e. The molecule has 9 heteroatoms. The molecule has 3 rings (SSSR count). The van der Waals surface area contributed by atoms with E-state index in [1.807, 2.05) is 25.1 Å². The number of non-ortho nitro benzene ring substituents is 1. The summed E-state index contributed by atoms with van der Waals surface area (Å²) in [7, 11) is 1.61.